The van der Waals surface area contributed by atoms with Gasteiger partial charge in [0.25, 0.3) is 0 Å². The predicted molar refractivity (Wildman–Crippen MR) is 125 cm³/mol. The standard InChI is InChI=1S/C23H26N6OS/c1-17-12-18(2)14-19(13-17)29(6-3-5-24)21(30)15-27-7-9-28(10-8-27)22-20-4-11-31-23(20)26-16-25-22/h4,11-14,16H,3,6-10,15H2,1-2H3. The van der Waals surface area contributed by atoms with Crippen LogP contribution in [0.1, 0.15) is 17.5 Å². The van der Waals surface area contributed by atoms with Gasteiger partial charge in [-0.05, 0) is 48.6 Å². The zero-order chi connectivity index (χ0) is 21.8. The summed E-state index contributed by atoms with van der Waals surface area (Å²) in [4.78, 5) is 29.2. The summed E-state index contributed by atoms with van der Waals surface area (Å²) in [5, 5.41) is 12.2. The Bertz CT molecular complexity index is 1090. The number of aromatic nitrogens is 2. The summed E-state index contributed by atoms with van der Waals surface area (Å²) in [6.45, 7) is 8.04. The van der Waals surface area contributed by atoms with Crippen molar-refractivity contribution in [1.82, 2.24) is 14.9 Å². The minimum Gasteiger partial charge on any atom is -0.353 e. The molecule has 1 fully saturated rings. The summed E-state index contributed by atoms with van der Waals surface area (Å²) in [5.74, 6) is 1.01. The maximum atomic E-state index is 13.2. The largest absolute Gasteiger partial charge is 0.353 e. The molecular formula is C23H26N6OS. The number of nitriles is 1. The molecule has 2 aromatic heterocycles. The van der Waals surface area contributed by atoms with Gasteiger partial charge in [-0.15, -0.1) is 11.3 Å². The molecule has 7 nitrogen and oxygen atoms in total. The Morgan fingerprint density at radius 3 is 2.61 bits per heavy atom. The molecule has 160 valence electrons. The number of aryl methyl sites for hydroxylation is 2. The number of piperazine rings is 1. The van der Waals surface area contributed by atoms with Gasteiger partial charge in [0.15, 0.2) is 0 Å². The van der Waals surface area contributed by atoms with E-state index < -0.39 is 0 Å². The molecule has 0 bridgehead atoms. The lowest BCUT2D eigenvalue weighted by molar-refractivity contribution is -0.119. The van der Waals surface area contributed by atoms with Crippen LogP contribution in [0.3, 0.4) is 0 Å². The van der Waals surface area contributed by atoms with Gasteiger partial charge in [0.1, 0.15) is 17.0 Å². The van der Waals surface area contributed by atoms with E-state index in [0.717, 1.165) is 59.0 Å². The first-order chi connectivity index (χ1) is 15.0. The van der Waals surface area contributed by atoms with Crippen LogP contribution in [0.25, 0.3) is 10.2 Å². The second kappa shape index (κ2) is 9.41. The average Bonchev–Trinajstić information content (AvgIpc) is 3.23. The molecule has 31 heavy (non-hydrogen) atoms. The molecule has 3 aromatic rings. The van der Waals surface area contributed by atoms with Crippen LogP contribution in [0.2, 0.25) is 0 Å². The molecule has 0 aliphatic carbocycles. The van der Waals surface area contributed by atoms with Crippen molar-refractivity contribution in [3.63, 3.8) is 0 Å². The highest BCUT2D eigenvalue weighted by Gasteiger charge is 2.24. The highest BCUT2D eigenvalue weighted by atomic mass is 32.1. The lowest BCUT2D eigenvalue weighted by atomic mass is 10.1. The highest BCUT2D eigenvalue weighted by molar-refractivity contribution is 7.16. The number of hydrogen-bond donors (Lipinski definition) is 0. The fourth-order valence-electron chi connectivity index (χ4n) is 4.09. The normalized spacial score (nSPS) is 14.5. The molecule has 1 aromatic carbocycles. The highest BCUT2D eigenvalue weighted by Crippen LogP contribution is 2.27. The summed E-state index contributed by atoms with van der Waals surface area (Å²) < 4.78 is 0. The van der Waals surface area contributed by atoms with Crippen molar-refractivity contribution in [2.75, 3.05) is 49.1 Å². The Labute approximate surface area is 186 Å². The molecule has 1 aliphatic rings. The van der Waals surface area contributed by atoms with E-state index in [1.54, 1.807) is 22.6 Å². The fourth-order valence-corrected chi connectivity index (χ4v) is 4.82. The smallest absolute Gasteiger partial charge is 0.241 e. The van der Waals surface area contributed by atoms with Gasteiger partial charge in [-0.1, -0.05) is 6.07 Å². The van der Waals surface area contributed by atoms with E-state index in [-0.39, 0.29) is 5.91 Å². The number of amides is 1. The van der Waals surface area contributed by atoms with Crippen LogP contribution < -0.4 is 9.80 Å². The summed E-state index contributed by atoms with van der Waals surface area (Å²) in [7, 11) is 0. The topological polar surface area (TPSA) is 76.4 Å². The third-order valence-corrected chi connectivity index (χ3v) is 6.36. The zero-order valence-corrected chi connectivity index (χ0v) is 18.7. The van der Waals surface area contributed by atoms with Crippen LogP contribution in [0.5, 0.6) is 0 Å². The Kier molecular flexibility index (Phi) is 6.44. The van der Waals surface area contributed by atoms with Crippen molar-refractivity contribution in [1.29, 1.82) is 5.26 Å². The minimum absolute atomic E-state index is 0.0379. The van der Waals surface area contributed by atoms with E-state index in [9.17, 15) is 4.79 Å². The lowest BCUT2D eigenvalue weighted by Crippen LogP contribution is -2.50. The Balaban J connectivity index is 1.42. The molecule has 1 saturated heterocycles. The van der Waals surface area contributed by atoms with Crippen molar-refractivity contribution in [2.45, 2.75) is 20.3 Å². The first-order valence-corrected chi connectivity index (χ1v) is 11.3. The first-order valence-electron chi connectivity index (χ1n) is 10.5. The molecular weight excluding hydrogens is 408 g/mol. The number of carbonyl (C=O) groups excluding carboxylic acids is 1. The molecule has 1 amide bonds. The van der Waals surface area contributed by atoms with Crippen LogP contribution in [0.15, 0.2) is 36.0 Å². The second-order valence-electron chi connectivity index (χ2n) is 7.90. The van der Waals surface area contributed by atoms with Crippen LogP contribution in [-0.2, 0) is 4.79 Å². The average molecular weight is 435 g/mol. The molecule has 8 heteroatoms. The Morgan fingerprint density at radius 2 is 1.90 bits per heavy atom. The quantitative estimate of drug-likeness (QED) is 0.592. The van der Waals surface area contributed by atoms with Crippen molar-refractivity contribution in [3.8, 4) is 6.07 Å². The summed E-state index contributed by atoms with van der Waals surface area (Å²) in [6.07, 6.45) is 1.94. The monoisotopic (exact) mass is 434 g/mol. The Hall–Kier alpha value is -3.02. The summed E-state index contributed by atoms with van der Waals surface area (Å²) >= 11 is 1.62. The molecule has 0 unspecified atom stereocenters. The van der Waals surface area contributed by atoms with E-state index in [0.29, 0.717) is 19.5 Å². The van der Waals surface area contributed by atoms with Gasteiger partial charge < -0.3 is 9.80 Å². The molecule has 0 atom stereocenters. The molecule has 1 aliphatic heterocycles. The number of fused-ring (bicyclic) bond motifs is 1. The molecule has 0 spiro atoms. The van der Waals surface area contributed by atoms with Gasteiger partial charge in [0, 0.05) is 38.4 Å². The van der Waals surface area contributed by atoms with E-state index in [1.807, 2.05) is 31.4 Å². The van der Waals surface area contributed by atoms with E-state index in [4.69, 9.17) is 5.26 Å². The minimum atomic E-state index is 0.0379. The third kappa shape index (κ3) is 4.84. The number of carbonyl (C=O) groups is 1. The first kappa shape index (κ1) is 21.2. The number of benzene rings is 1. The lowest BCUT2D eigenvalue weighted by Gasteiger charge is -2.36. The maximum absolute atomic E-state index is 13.2. The van der Waals surface area contributed by atoms with Crippen LogP contribution in [-0.4, -0.2) is 60.0 Å². The van der Waals surface area contributed by atoms with Crippen molar-refractivity contribution in [3.05, 3.63) is 47.1 Å². The van der Waals surface area contributed by atoms with E-state index in [2.05, 4.69) is 38.0 Å². The summed E-state index contributed by atoms with van der Waals surface area (Å²) in [5.41, 5.74) is 3.10. The van der Waals surface area contributed by atoms with E-state index >= 15 is 0 Å². The van der Waals surface area contributed by atoms with Gasteiger partial charge in [-0.3, -0.25) is 9.69 Å². The summed E-state index contributed by atoms with van der Waals surface area (Å²) in [6, 6.07) is 10.4. The van der Waals surface area contributed by atoms with Crippen LogP contribution >= 0.6 is 11.3 Å². The molecule has 0 N–H and O–H groups in total. The van der Waals surface area contributed by atoms with Gasteiger partial charge in [-0.2, -0.15) is 5.26 Å². The fraction of sp³-hybridized carbons (Fsp3) is 0.391. The maximum Gasteiger partial charge on any atom is 0.241 e. The molecule has 4 rings (SSSR count). The number of anilines is 2. The van der Waals surface area contributed by atoms with Gasteiger partial charge in [-0.25, -0.2) is 9.97 Å². The molecule has 3 heterocycles. The predicted octanol–water partition coefficient (Wildman–Crippen LogP) is 3.38. The van der Waals surface area contributed by atoms with Crippen LogP contribution in [0, 0.1) is 25.2 Å². The number of nitrogens with zero attached hydrogens (tertiary/aromatic N) is 6. The number of hydrogen-bond acceptors (Lipinski definition) is 7. The van der Waals surface area contributed by atoms with Gasteiger partial charge in [0.05, 0.1) is 24.4 Å². The van der Waals surface area contributed by atoms with Gasteiger partial charge >= 0.3 is 0 Å². The number of rotatable bonds is 6. The van der Waals surface area contributed by atoms with Crippen molar-refractivity contribution < 1.29 is 4.79 Å². The zero-order valence-electron chi connectivity index (χ0n) is 17.9. The third-order valence-electron chi connectivity index (χ3n) is 5.54. The number of thiophene rings is 1. The Morgan fingerprint density at radius 1 is 1.16 bits per heavy atom. The van der Waals surface area contributed by atoms with E-state index in [1.165, 1.54) is 0 Å². The molecule has 0 radical (unpaired) electrons. The van der Waals surface area contributed by atoms with Crippen LogP contribution in [0.4, 0.5) is 11.5 Å². The SMILES string of the molecule is Cc1cc(C)cc(N(CCC#N)C(=O)CN2CCN(c3ncnc4sccc34)CC2)c1. The van der Waals surface area contributed by atoms with Gasteiger partial charge in [0.2, 0.25) is 5.91 Å². The second-order valence-corrected chi connectivity index (χ2v) is 8.79. The molecule has 0 saturated carbocycles. The van der Waals surface area contributed by atoms with Crippen molar-refractivity contribution in [2.24, 2.45) is 0 Å². The van der Waals surface area contributed by atoms with Crippen molar-refractivity contribution >= 4 is 39.0 Å².